The van der Waals surface area contributed by atoms with Gasteiger partial charge in [-0.2, -0.15) is 0 Å². The van der Waals surface area contributed by atoms with Crippen LogP contribution < -0.4 is 5.32 Å². The van der Waals surface area contributed by atoms with Gasteiger partial charge in [-0.05, 0) is 13.3 Å². The summed E-state index contributed by atoms with van der Waals surface area (Å²) in [6, 6.07) is -1.51. The molecule has 1 amide bonds. The molecule has 0 fully saturated rings. The van der Waals surface area contributed by atoms with Gasteiger partial charge in [0, 0.05) is 0 Å². The van der Waals surface area contributed by atoms with E-state index < -0.39 is 24.6 Å². The molecule has 0 saturated carbocycles. The lowest BCUT2D eigenvalue weighted by Gasteiger charge is -2.09. The third-order valence-electron chi connectivity index (χ3n) is 2.11. The number of carbonyl (C=O) groups excluding carboxylic acids is 1. The van der Waals surface area contributed by atoms with E-state index in [4.69, 9.17) is 5.11 Å². The molecule has 0 saturated heterocycles. The van der Waals surface area contributed by atoms with E-state index in [0.717, 1.165) is 5.01 Å². The van der Waals surface area contributed by atoms with Crippen molar-refractivity contribution in [1.29, 1.82) is 0 Å². The van der Waals surface area contributed by atoms with E-state index in [0.29, 0.717) is 17.0 Å². The summed E-state index contributed by atoms with van der Waals surface area (Å²) in [5.41, 5.74) is 0.535. The van der Waals surface area contributed by atoms with Crippen LogP contribution in [0.2, 0.25) is 0 Å². The van der Waals surface area contributed by atoms with Crippen LogP contribution in [0.25, 0.3) is 0 Å². The lowest BCUT2D eigenvalue weighted by atomic mass is 10.3. The van der Waals surface area contributed by atoms with Crippen LogP contribution in [0.5, 0.6) is 0 Å². The lowest BCUT2D eigenvalue weighted by Crippen LogP contribution is -2.42. The summed E-state index contributed by atoms with van der Waals surface area (Å²) in [6.45, 7) is 2.43. The summed E-state index contributed by atoms with van der Waals surface area (Å²) in [5, 5.41) is 11.5. The molecule has 1 heterocycles. The summed E-state index contributed by atoms with van der Waals surface area (Å²) in [7, 11) is 0. The Morgan fingerprint density at radius 1 is 1.59 bits per heavy atom. The molecule has 17 heavy (non-hydrogen) atoms. The first-order valence-corrected chi connectivity index (χ1v) is 5.87. The monoisotopic (exact) mass is 260 g/mol. The minimum absolute atomic E-state index is 0.335. The minimum Gasteiger partial charge on any atom is -0.480 e. The van der Waals surface area contributed by atoms with Crippen LogP contribution >= 0.6 is 11.3 Å². The molecule has 5 nitrogen and oxygen atoms in total. The number of carboxylic acid groups (broad SMARTS) is 1. The molecule has 0 bridgehead atoms. The Bertz CT molecular complexity index is 433. The molecule has 2 N–H and O–H groups in total. The number of thiazole rings is 1. The Morgan fingerprint density at radius 3 is 2.65 bits per heavy atom. The van der Waals surface area contributed by atoms with Gasteiger partial charge in [0.1, 0.15) is 11.6 Å². The van der Waals surface area contributed by atoms with Gasteiger partial charge in [-0.1, -0.05) is 6.92 Å². The van der Waals surface area contributed by atoms with Gasteiger partial charge in [0.15, 0.2) is 6.04 Å². The first kappa shape index (κ1) is 13.6. The van der Waals surface area contributed by atoms with E-state index in [-0.39, 0.29) is 0 Å². The summed E-state index contributed by atoms with van der Waals surface area (Å²) >= 11 is 1.19. The van der Waals surface area contributed by atoms with Gasteiger partial charge in [0.25, 0.3) is 5.91 Å². The number of aromatic nitrogens is 1. The highest BCUT2D eigenvalue weighted by Gasteiger charge is 2.23. The summed E-state index contributed by atoms with van der Waals surface area (Å²) in [4.78, 5) is 26.8. The third kappa shape index (κ3) is 3.23. The van der Waals surface area contributed by atoms with Crippen LogP contribution in [-0.2, 0) is 11.2 Å². The third-order valence-corrected chi connectivity index (χ3v) is 3.41. The predicted octanol–water partition coefficient (Wildman–Crippen LogP) is 1.17. The zero-order chi connectivity index (χ0) is 13.0. The second-order valence-electron chi connectivity index (χ2n) is 3.39. The number of nitrogens with one attached hydrogen (secondary N) is 1. The Labute approximate surface area is 102 Å². The maximum Gasteiger partial charge on any atom is 0.328 e. The van der Waals surface area contributed by atoms with Gasteiger partial charge in [0.2, 0.25) is 0 Å². The molecule has 0 spiro atoms. The largest absolute Gasteiger partial charge is 0.480 e. The number of rotatable bonds is 5. The van der Waals surface area contributed by atoms with Crippen LogP contribution in [0.15, 0.2) is 0 Å². The zero-order valence-corrected chi connectivity index (χ0v) is 10.3. The van der Waals surface area contributed by atoms with E-state index in [1.807, 2.05) is 6.92 Å². The first-order valence-electron chi connectivity index (χ1n) is 5.05. The van der Waals surface area contributed by atoms with Gasteiger partial charge < -0.3 is 10.4 Å². The van der Waals surface area contributed by atoms with E-state index in [1.165, 1.54) is 11.3 Å². The van der Waals surface area contributed by atoms with Gasteiger partial charge in [0.05, 0.1) is 10.7 Å². The number of nitrogens with zero attached hydrogens (tertiary/aromatic N) is 1. The molecule has 7 heteroatoms. The van der Waals surface area contributed by atoms with Crippen LogP contribution in [0.4, 0.5) is 4.39 Å². The molecule has 1 atom stereocenters. The summed E-state index contributed by atoms with van der Waals surface area (Å²) < 4.78 is 12.3. The molecule has 94 valence electrons. The Morgan fingerprint density at radius 2 is 2.24 bits per heavy atom. The smallest absolute Gasteiger partial charge is 0.328 e. The Hall–Kier alpha value is -1.50. The second-order valence-corrected chi connectivity index (χ2v) is 4.48. The van der Waals surface area contributed by atoms with Crippen molar-refractivity contribution >= 4 is 23.2 Å². The van der Waals surface area contributed by atoms with Crippen molar-refractivity contribution in [2.75, 3.05) is 6.67 Å². The van der Waals surface area contributed by atoms with E-state index in [2.05, 4.69) is 10.3 Å². The highest BCUT2D eigenvalue weighted by molar-refractivity contribution is 7.13. The average molecular weight is 260 g/mol. The number of aliphatic carboxylic acids is 1. The highest BCUT2D eigenvalue weighted by Crippen LogP contribution is 2.18. The van der Waals surface area contributed by atoms with E-state index in [9.17, 15) is 14.0 Å². The van der Waals surface area contributed by atoms with Gasteiger partial charge in [-0.15, -0.1) is 11.3 Å². The van der Waals surface area contributed by atoms with Crippen molar-refractivity contribution in [3.63, 3.8) is 0 Å². The van der Waals surface area contributed by atoms with Crippen LogP contribution in [0.1, 0.15) is 27.3 Å². The zero-order valence-electron chi connectivity index (χ0n) is 9.49. The van der Waals surface area contributed by atoms with Crippen molar-refractivity contribution in [2.24, 2.45) is 0 Å². The lowest BCUT2D eigenvalue weighted by molar-refractivity contribution is -0.139. The molecule has 0 aliphatic rings. The van der Waals surface area contributed by atoms with Crippen LogP contribution in [-0.4, -0.2) is 34.7 Å². The highest BCUT2D eigenvalue weighted by atomic mass is 32.1. The predicted molar refractivity (Wildman–Crippen MR) is 61.1 cm³/mol. The van der Waals surface area contributed by atoms with E-state index in [1.54, 1.807) is 6.92 Å². The van der Waals surface area contributed by atoms with Crippen molar-refractivity contribution in [3.05, 3.63) is 15.6 Å². The number of aryl methyl sites for hydroxylation is 2. The Balaban J connectivity index is 2.82. The van der Waals surface area contributed by atoms with Crippen molar-refractivity contribution in [3.8, 4) is 0 Å². The molecular formula is C10H13FN2O3S. The molecule has 1 aromatic rings. The molecule has 1 aromatic heterocycles. The fraction of sp³-hybridized carbons (Fsp3) is 0.500. The molecule has 0 radical (unpaired) electrons. The maximum absolute atomic E-state index is 12.3. The second kappa shape index (κ2) is 5.72. The van der Waals surface area contributed by atoms with Crippen molar-refractivity contribution in [1.82, 2.24) is 10.3 Å². The topological polar surface area (TPSA) is 79.3 Å². The number of amides is 1. The quantitative estimate of drug-likeness (QED) is 0.832. The number of halogens is 1. The number of alkyl halides is 1. The van der Waals surface area contributed by atoms with Crippen molar-refractivity contribution in [2.45, 2.75) is 26.3 Å². The summed E-state index contributed by atoms with van der Waals surface area (Å²) in [5.74, 6) is -1.98. The fourth-order valence-electron chi connectivity index (χ4n) is 1.20. The number of hydrogen-bond acceptors (Lipinski definition) is 4. The molecule has 1 rings (SSSR count). The average Bonchev–Trinajstić information content (AvgIpc) is 2.66. The number of carbonyl (C=O) groups is 2. The van der Waals surface area contributed by atoms with Gasteiger partial charge in [-0.3, -0.25) is 4.79 Å². The molecular weight excluding hydrogens is 247 g/mol. The van der Waals surface area contributed by atoms with Crippen molar-refractivity contribution < 1.29 is 19.1 Å². The Kier molecular flexibility index (Phi) is 4.56. The molecule has 0 aliphatic heterocycles. The number of hydrogen-bond donors (Lipinski definition) is 2. The summed E-state index contributed by atoms with van der Waals surface area (Å²) in [6.07, 6.45) is 0.699. The van der Waals surface area contributed by atoms with Gasteiger partial charge in [-0.25, -0.2) is 14.2 Å². The van der Waals surface area contributed by atoms with Crippen LogP contribution in [0.3, 0.4) is 0 Å². The molecule has 1 unspecified atom stereocenters. The SMILES string of the molecule is CCc1nc(C)c(C(=O)NC(CF)C(=O)O)s1. The molecule has 0 aliphatic carbocycles. The standard InChI is InChI=1S/C10H13FN2O3S/c1-3-7-12-5(2)8(17-7)9(14)13-6(4-11)10(15)16/h6H,3-4H2,1-2H3,(H,13,14)(H,15,16). The minimum atomic E-state index is -1.51. The first-order chi connectivity index (χ1) is 7.99. The normalized spacial score (nSPS) is 12.2. The van der Waals surface area contributed by atoms with Gasteiger partial charge >= 0.3 is 5.97 Å². The number of carboxylic acids is 1. The molecule has 0 aromatic carbocycles. The fourth-order valence-corrected chi connectivity index (χ4v) is 2.11. The van der Waals surface area contributed by atoms with E-state index >= 15 is 0 Å². The van der Waals surface area contributed by atoms with Crippen LogP contribution in [0, 0.1) is 6.92 Å². The maximum atomic E-state index is 12.3.